The molecule has 2 aromatic rings. The van der Waals surface area contributed by atoms with Crippen molar-refractivity contribution in [1.29, 1.82) is 5.26 Å². The molecule has 1 N–H and O–H groups in total. The highest BCUT2D eigenvalue weighted by Crippen LogP contribution is 2.26. The third-order valence-corrected chi connectivity index (χ3v) is 3.31. The molecule has 2 rings (SSSR count). The van der Waals surface area contributed by atoms with Crippen molar-refractivity contribution in [3.05, 3.63) is 57.8 Å². The molecule has 0 aliphatic rings. The average Bonchev–Trinajstić information content (AvgIpc) is 2.42. The maximum absolute atomic E-state index is 13.8. The lowest BCUT2D eigenvalue weighted by Crippen LogP contribution is -1.98. The number of nitrogens with one attached hydrogen (secondary N) is 1. The molecule has 0 spiro atoms. The van der Waals surface area contributed by atoms with Crippen molar-refractivity contribution in [2.75, 3.05) is 5.32 Å². The number of halogens is 2. The average molecular weight is 319 g/mol. The lowest BCUT2D eigenvalue weighted by Gasteiger charge is -2.12. The van der Waals surface area contributed by atoms with Crippen molar-refractivity contribution in [3.8, 4) is 6.07 Å². The van der Waals surface area contributed by atoms with Crippen LogP contribution in [-0.4, -0.2) is 0 Å². The van der Waals surface area contributed by atoms with Gasteiger partial charge in [0.1, 0.15) is 5.82 Å². The summed E-state index contributed by atoms with van der Waals surface area (Å²) >= 11 is 3.42. The Hall–Kier alpha value is -1.86. The summed E-state index contributed by atoms with van der Waals surface area (Å²) in [5, 5.41) is 11.8. The predicted octanol–water partition coefficient (Wildman–Crippen LogP) is 4.77. The molecule has 0 saturated heterocycles. The molecule has 0 saturated carbocycles. The molecule has 4 heteroatoms. The molecule has 0 fully saturated rings. The van der Waals surface area contributed by atoms with E-state index in [-0.39, 0.29) is 0 Å². The van der Waals surface area contributed by atoms with E-state index in [2.05, 4.69) is 21.2 Å². The maximum atomic E-state index is 13.8. The first kappa shape index (κ1) is 13.6. The zero-order valence-corrected chi connectivity index (χ0v) is 12.0. The highest BCUT2D eigenvalue weighted by atomic mass is 79.9. The molecule has 0 heterocycles. The van der Waals surface area contributed by atoms with Crippen LogP contribution >= 0.6 is 15.9 Å². The minimum atomic E-state index is -0.427. The number of nitrogens with zero attached hydrogens (tertiary/aromatic N) is 1. The van der Waals surface area contributed by atoms with Gasteiger partial charge in [0.2, 0.25) is 0 Å². The Morgan fingerprint density at radius 3 is 2.58 bits per heavy atom. The molecule has 0 aromatic heterocycles. The van der Waals surface area contributed by atoms with Crippen LogP contribution in [0.5, 0.6) is 0 Å². The number of hydrogen-bond acceptors (Lipinski definition) is 2. The van der Waals surface area contributed by atoms with E-state index < -0.39 is 5.82 Å². The zero-order chi connectivity index (χ0) is 13.8. The molecule has 0 amide bonds. The fraction of sp³-hybridized carbons (Fsp3) is 0.133. The summed E-state index contributed by atoms with van der Waals surface area (Å²) in [6, 6.07) is 12.1. The molecular formula is C15H12BrFN2. The molecule has 0 bridgehead atoms. The number of benzene rings is 2. The topological polar surface area (TPSA) is 35.8 Å². The SMILES string of the molecule is CCc1cc(Br)ccc1Nc1ccc(C#N)cc1F. The lowest BCUT2D eigenvalue weighted by molar-refractivity contribution is 0.631. The molecule has 0 aliphatic heterocycles. The summed E-state index contributed by atoms with van der Waals surface area (Å²) in [6.45, 7) is 2.04. The van der Waals surface area contributed by atoms with Gasteiger partial charge in [-0.05, 0) is 48.4 Å². The van der Waals surface area contributed by atoms with E-state index in [1.54, 1.807) is 12.1 Å². The minimum Gasteiger partial charge on any atom is -0.353 e. The summed E-state index contributed by atoms with van der Waals surface area (Å²) in [6.07, 6.45) is 0.847. The summed E-state index contributed by atoms with van der Waals surface area (Å²) in [5.41, 5.74) is 2.65. The Labute approximate surface area is 120 Å². The molecule has 0 aliphatic carbocycles. The van der Waals surface area contributed by atoms with Crippen LogP contribution in [0.1, 0.15) is 18.1 Å². The summed E-state index contributed by atoms with van der Waals surface area (Å²) in [5.74, 6) is -0.427. The molecule has 2 aromatic carbocycles. The number of rotatable bonds is 3. The van der Waals surface area contributed by atoms with Gasteiger partial charge in [0.15, 0.2) is 0 Å². The number of hydrogen-bond donors (Lipinski definition) is 1. The van der Waals surface area contributed by atoms with Gasteiger partial charge in [-0.15, -0.1) is 0 Å². The second kappa shape index (κ2) is 5.85. The standard InChI is InChI=1S/C15H12BrFN2/c1-2-11-8-12(16)4-6-14(11)19-15-5-3-10(9-18)7-13(15)17/h3-8,19H,2H2,1H3. The fourth-order valence-electron chi connectivity index (χ4n) is 1.81. The third-order valence-electron chi connectivity index (χ3n) is 2.82. The van der Waals surface area contributed by atoms with Crippen LogP contribution in [0, 0.1) is 17.1 Å². The van der Waals surface area contributed by atoms with Crippen LogP contribution in [0.25, 0.3) is 0 Å². The van der Waals surface area contributed by atoms with Gasteiger partial charge in [-0.25, -0.2) is 4.39 Å². The number of nitriles is 1. The van der Waals surface area contributed by atoms with Gasteiger partial charge < -0.3 is 5.32 Å². The van der Waals surface area contributed by atoms with Crippen LogP contribution in [0.4, 0.5) is 15.8 Å². The molecule has 2 nitrogen and oxygen atoms in total. The van der Waals surface area contributed by atoms with Crippen LogP contribution in [-0.2, 0) is 6.42 Å². The molecule has 96 valence electrons. The minimum absolute atomic E-state index is 0.314. The molecular weight excluding hydrogens is 307 g/mol. The van der Waals surface area contributed by atoms with Gasteiger partial charge in [-0.3, -0.25) is 0 Å². The van der Waals surface area contributed by atoms with Gasteiger partial charge in [-0.1, -0.05) is 22.9 Å². The maximum Gasteiger partial charge on any atom is 0.147 e. The second-order valence-electron chi connectivity index (χ2n) is 4.09. The van der Waals surface area contributed by atoms with Crippen molar-refractivity contribution in [2.24, 2.45) is 0 Å². The van der Waals surface area contributed by atoms with E-state index in [0.29, 0.717) is 11.3 Å². The summed E-state index contributed by atoms with van der Waals surface area (Å²) < 4.78 is 14.8. The Bertz CT molecular complexity index is 647. The Balaban J connectivity index is 2.34. The first-order chi connectivity index (χ1) is 9.13. The van der Waals surface area contributed by atoms with E-state index in [1.807, 2.05) is 31.2 Å². The highest BCUT2D eigenvalue weighted by molar-refractivity contribution is 9.10. The fourth-order valence-corrected chi connectivity index (χ4v) is 2.22. The van der Waals surface area contributed by atoms with Crippen LogP contribution in [0.2, 0.25) is 0 Å². The van der Waals surface area contributed by atoms with Gasteiger partial charge in [0, 0.05) is 10.2 Å². The monoisotopic (exact) mass is 318 g/mol. The van der Waals surface area contributed by atoms with Crippen molar-refractivity contribution in [1.82, 2.24) is 0 Å². The van der Waals surface area contributed by atoms with Crippen LogP contribution in [0.15, 0.2) is 40.9 Å². The molecule has 19 heavy (non-hydrogen) atoms. The molecule has 0 radical (unpaired) electrons. The Morgan fingerprint density at radius 2 is 1.95 bits per heavy atom. The molecule has 0 unspecified atom stereocenters. The normalized spacial score (nSPS) is 10.0. The van der Waals surface area contributed by atoms with Gasteiger partial charge in [0.05, 0.1) is 17.3 Å². The van der Waals surface area contributed by atoms with Crippen molar-refractivity contribution < 1.29 is 4.39 Å². The van der Waals surface area contributed by atoms with E-state index >= 15 is 0 Å². The largest absolute Gasteiger partial charge is 0.353 e. The quantitative estimate of drug-likeness (QED) is 0.885. The van der Waals surface area contributed by atoms with Crippen molar-refractivity contribution >= 4 is 27.3 Å². The smallest absolute Gasteiger partial charge is 0.147 e. The second-order valence-corrected chi connectivity index (χ2v) is 5.00. The van der Waals surface area contributed by atoms with E-state index in [9.17, 15) is 4.39 Å². The van der Waals surface area contributed by atoms with Crippen molar-refractivity contribution in [3.63, 3.8) is 0 Å². The van der Waals surface area contributed by atoms with Crippen LogP contribution < -0.4 is 5.32 Å². The summed E-state index contributed by atoms with van der Waals surface area (Å²) in [7, 11) is 0. The lowest BCUT2D eigenvalue weighted by atomic mass is 10.1. The van der Waals surface area contributed by atoms with Crippen LogP contribution in [0.3, 0.4) is 0 Å². The van der Waals surface area contributed by atoms with Gasteiger partial charge in [0.25, 0.3) is 0 Å². The predicted molar refractivity (Wildman–Crippen MR) is 77.9 cm³/mol. The van der Waals surface area contributed by atoms with Crippen molar-refractivity contribution in [2.45, 2.75) is 13.3 Å². The van der Waals surface area contributed by atoms with E-state index in [4.69, 9.17) is 5.26 Å². The van der Waals surface area contributed by atoms with E-state index in [1.165, 1.54) is 6.07 Å². The van der Waals surface area contributed by atoms with E-state index in [0.717, 1.165) is 22.1 Å². The molecule has 0 atom stereocenters. The Morgan fingerprint density at radius 1 is 1.21 bits per heavy atom. The number of anilines is 2. The highest BCUT2D eigenvalue weighted by Gasteiger charge is 2.07. The first-order valence-electron chi connectivity index (χ1n) is 5.89. The van der Waals surface area contributed by atoms with Gasteiger partial charge >= 0.3 is 0 Å². The first-order valence-corrected chi connectivity index (χ1v) is 6.68. The third kappa shape index (κ3) is 3.12. The number of aryl methyl sites for hydroxylation is 1. The summed E-state index contributed by atoms with van der Waals surface area (Å²) in [4.78, 5) is 0. The zero-order valence-electron chi connectivity index (χ0n) is 10.4. The van der Waals surface area contributed by atoms with Gasteiger partial charge in [-0.2, -0.15) is 5.26 Å². The Kier molecular flexibility index (Phi) is 4.18.